The maximum Gasteiger partial charge on any atom is 0.225 e. The second-order valence-corrected chi connectivity index (χ2v) is 5.99. The van der Waals surface area contributed by atoms with Crippen LogP contribution in [0.25, 0.3) is 0 Å². The molecule has 0 aromatic carbocycles. The van der Waals surface area contributed by atoms with Crippen molar-refractivity contribution in [3.05, 3.63) is 0 Å². The highest BCUT2D eigenvalue weighted by atomic mass is 16.2. The van der Waals surface area contributed by atoms with Crippen molar-refractivity contribution in [3.63, 3.8) is 0 Å². The van der Waals surface area contributed by atoms with E-state index in [0.29, 0.717) is 6.04 Å². The van der Waals surface area contributed by atoms with Gasteiger partial charge in [0.2, 0.25) is 5.91 Å². The minimum Gasteiger partial charge on any atom is -0.353 e. The van der Waals surface area contributed by atoms with Crippen LogP contribution >= 0.6 is 0 Å². The molecule has 4 unspecified atom stereocenters. The summed E-state index contributed by atoms with van der Waals surface area (Å²) in [5.41, 5.74) is 0. The first-order valence-electron chi connectivity index (χ1n) is 6.75. The molecule has 2 N–H and O–H groups in total. The average Bonchev–Trinajstić information content (AvgIpc) is 2.74. The Morgan fingerprint density at radius 1 is 1.31 bits per heavy atom. The highest BCUT2D eigenvalue weighted by molar-refractivity contribution is 5.80. The Morgan fingerprint density at radius 2 is 2.12 bits per heavy atom. The normalized spacial score (nSPS) is 39.4. The summed E-state index contributed by atoms with van der Waals surface area (Å²) < 4.78 is 0. The fraction of sp³-hybridized carbons (Fsp3) is 0.923. The van der Waals surface area contributed by atoms with E-state index in [1.54, 1.807) is 0 Å². The van der Waals surface area contributed by atoms with E-state index in [1.165, 1.54) is 25.7 Å². The highest BCUT2D eigenvalue weighted by Crippen LogP contribution is 2.49. The number of fused-ring (bicyclic) bond motifs is 2. The molecule has 16 heavy (non-hydrogen) atoms. The Morgan fingerprint density at radius 3 is 2.62 bits per heavy atom. The number of rotatable bonds is 3. The van der Waals surface area contributed by atoms with Crippen LogP contribution in [0.15, 0.2) is 0 Å². The number of carbonyl (C=O) groups excluding carboxylic acids is 1. The van der Waals surface area contributed by atoms with Crippen molar-refractivity contribution >= 4 is 5.91 Å². The van der Waals surface area contributed by atoms with E-state index < -0.39 is 0 Å². The Kier molecular flexibility index (Phi) is 2.66. The average molecular weight is 222 g/mol. The third-order valence-electron chi connectivity index (χ3n) is 4.96. The van der Waals surface area contributed by atoms with Crippen LogP contribution in [0.4, 0.5) is 0 Å². The van der Waals surface area contributed by atoms with Gasteiger partial charge in [0.1, 0.15) is 0 Å². The zero-order chi connectivity index (χ0) is 11.1. The lowest BCUT2D eigenvalue weighted by molar-refractivity contribution is -0.127. The predicted molar refractivity (Wildman–Crippen MR) is 62.9 cm³/mol. The van der Waals surface area contributed by atoms with E-state index in [0.717, 1.165) is 30.8 Å². The summed E-state index contributed by atoms with van der Waals surface area (Å²) in [6.07, 6.45) is 5.62. The molecule has 0 spiro atoms. The number of nitrogens with one attached hydrogen (secondary N) is 2. The summed E-state index contributed by atoms with van der Waals surface area (Å²) in [4.78, 5) is 11.8. The smallest absolute Gasteiger partial charge is 0.225 e. The fourth-order valence-corrected chi connectivity index (χ4v) is 3.83. The largest absolute Gasteiger partial charge is 0.353 e. The molecule has 0 aromatic heterocycles. The summed E-state index contributed by atoms with van der Waals surface area (Å²) in [5, 5.41) is 6.38. The van der Waals surface area contributed by atoms with Crippen LogP contribution in [0, 0.1) is 23.7 Å². The minimum absolute atomic E-state index is 0.237. The Labute approximate surface area is 97.4 Å². The molecule has 1 amide bonds. The third kappa shape index (κ3) is 1.75. The van der Waals surface area contributed by atoms with Gasteiger partial charge < -0.3 is 10.6 Å². The van der Waals surface area contributed by atoms with Crippen LogP contribution in [-0.2, 0) is 4.79 Å². The van der Waals surface area contributed by atoms with Crippen molar-refractivity contribution in [2.75, 3.05) is 13.1 Å². The Hall–Kier alpha value is -0.570. The zero-order valence-corrected chi connectivity index (χ0v) is 10.0. The standard InChI is InChI=1S/C13H22N2O/c1-8(15-13(16)11-6-14-7-11)12-5-9-2-3-10(12)4-9/h8-12,14H,2-7H2,1H3,(H,15,16). The lowest BCUT2D eigenvalue weighted by Crippen LogP contribution is -2.53. The van der Waals surface area contributed by atoms with Gasteiger partial charge >= 0.3 is 0 Å². The topological polar surface area (TPSA) is 41.1 Å². The van der Waals surface area contributed by atoms with E-state index in [4.69, 9.17) is 0 Å². The molecule has 90 valence electrons. The molecule has 1 heterocycles. The van der Waals surface area contributed by atoms with Crippen LogP contribution in [-0.4, -0.2) is 25.0 Å². The van der Waals surface area contributed by atoms with E-state index in [2.05, 4.69) is 17.6 Å². The van der Waals surface area contributed by atoms with Crippen LogP contribution in [0.5, 0.6) is 0 Å². The van der Waals surface area contributed by atoms with Gasteiger partial charge in [0.05, 0.1) is 5.92 Å². The van der Waals surface area contributed by atoms with Crippen LogP contribution in [0.1, 0.15) is 32.6 Å². The molecular weight excluding hydrogens is 200 g/mol. The molecule has 2 bridgehead atoms. The first-order chi connectivity index (χ1) is 7.74. The molecule has 1 saturated heterocycles. The maximum absolute atomic E-state index is 11.8. The van der Waals surface area contributed by atoms with Gasteiger partial charge in [-0.3, -0.25) is 4.79 Å². The molecule has 0 radical (unpaired) electrons. The molecule has 2 aliphatic carbocycles. The summed E-state index contributed by atoms with van der Waals surface area (Å²) in [7, 11) is 0. The molecular formula is C13H22N2O. The van der Waals surface area contributed by atoms with Gasteiger partial charge in [0, 0.05) is 19.1 Å². The van der Waals surface area contributed by atoms with Crippen LogP contribution in [0.2, 0.25) is 0 Å². The maximum atomic E-state index is 11.8. The van der Waals surface area contributed by atoms with E-state index in [-0.39, 0.29) is 11.8 Å². The van der Waals surface area contributed by atoms with Gasteiger partial charge in [-0.2, -0.15) is 0 Å². The second kappa shape index (κ2) is 4.02. The van der Waals surface area contributed by atoms with Crippen molar-refractivity contribution in [2.45, 2.75) is 38.6 Å². The first kappa shape index (κ1) is 10.6. The Balaban J connectivity index is 1.53. The number of carbonyl (C=O) groups is 1. The molecule has 3 nitrogen and oxygen atoms in total. The van der Waals surface area contributed by atoms with Crippen molar-refractivity contribution in [2.24, 2.45) is 23.7 Å². The monoisotopic (exact) mass is 222 g/mol. The van der Waals surface area contributed by atoms with E-state index in [9.17, 15) is 4.79 Å². The molecule has 4 atom stereocenters. The van der Waals surface area contributed by atoms with Crippen molar-refractivity contribution < 1.29 is 4.79 Å². The predicted octanol–water partition coefficient (Wildman–Crippen LogP) is 1.15. The molecule has 3 heteroatoms. The van der Waals surface area contributed by atoms with Crippen molar-refractivity contribution in [1.82, 2.24) is 10.6 Å². The van der Waals surface area contributed by atoms with E-state index in [1.807, 2.05) is 0 Å². The lowest BCUT2D eigenvalue weighted by Gasteiger charge is -2.32. The minimum atomic E-state index is 0.237. The summed E-state index contributed by atoms with van der Waals surface area (Å²) in [5.74, 6) is 3.14. The van der Waals surface area contributed by atoms with Gasteiger partial charge in [0.25, 0.3) is 0 Å². The molecule has 2 saturated carbocycles. The second-order valence-electron chi connectivity index (χ2n) is 5.99. The highest BCUT2D eigenvalue weighted by Gasteiger charge is 2.42. The zero-order valence-electron chi connectivity index (χ0n) is 10.0. The van der Waals surface area contributed by atoms with Gasteiger partial charge in [-0.25, -0.2) is 0 Å². The fourth-order valence-electron chi connectivity index (χ4n) is 3.83. The quantitative estimate of drug-likeness (QED) is 0.752. The number of hydrogen-bond donors (Lipinski definition) is 2. The Bertz CT molecular complexity index is 288. The number of amides is 1. The van der Waals surface area contributed by atoms with Gasteiger partial charge in [0.15, 0.2) is 0 Å². The summed E-state index contributed by atoms with van der Waals surface area (Å²) in [6.45, 7) is 3.94. The molecule has 3 rings (SSSR count). The molecule has 3 fully saturated rings. The van der Waals surface area contributed by atoms with Crippen molar-refractivity contribution in [1.29, 1.82) is 0 Å². The third-order valence-corrected chi connectivity index (χ3v) is 4.96. The van der Waals surface area contributed by atoms with E-state index >= 15 is 0 Å². The van der Waals surface area contributed by atoms with Gasteiger partial charge in [-0.05, 0) is 43.9 Å². The summed E-state index contributed by atoms with van der Waals surface area (Å²) >= 11 is 0. The summed E-state index contributed by atoms with van der Waals surface area (Å²) in [6, 6.07) is 0.392. The van der Waals surface area contributed by atoms with Gasteiger partial charge in [-0.1, -0.05) is 6.42 Å². The van der Waals surface area contributed by atoms with Gasteiger partial charge in [-0.15, -0.1) is 0 Å². The molecule has 0 aromatic rings. The molecule has 1 aliphatic heterocycles. The van der Waals surface area contributed by atoms with Crippen molar-refractivity contribution in [3.8, 4) is 0 Å². The first-order valence-corrected chi connectivity index (χ1v) is 6.75. The lowest BCUT2D eigenvalue weighted by atomic mass is 9.83. The molecule has 3 aliphatic rings. The van der Waals surface area contributed by atoms with Crippen LogP contribution < -0.4 is 10.6 Å². The number of hydrogen-bond acceptors (Lipinski definition) is 2. The SMILES string of the molecule is CC(NC(=O)C1CNC1)C1CC2CCC1C2. The van der Waals surface area contributed by atoms with Crippen LogP contribution in [0.3, 0.4) is 0 Å².